The number of nitrogens with one attached hydrogen (secondary N) is 2. The number of hydrogen-bond acceptors (Lipinski definition) is 3. The molecule has 2 fully saturated rings. The number of carbonyl (C=O) groups excluding carboxylic acids is 2. The lowest BCUT2D eigenvalue weighted by Crippen LogP contribution is -2.43. The molecule has 6 heteroatoms. The highest BCUT2D eigenvalue weighted by molar-refractivity contribution is 5.97. The van der Waals surface area contributed by atoms with E-state index in [0.29, 0.717) is 11.6 Å². The molecule has 1 aliphatic carbocycles. The second-order valence-corrected chi connectivity index (χ2v) is 7.28. The van der Waals surface area contributed by atoms with E-state index in [9.17, 15) is 9.59 Å². The summed E-state index contributed by atoms with van der Waals surface area (Å²) in [6.45, 7) is 0.902. The summed E-state index contributed by atoms with van der Waals surface area (Å²) in [6, 6.07) is 7.52. The average molecular weight is 380 g/mol. The molecule has 1 heterocycles. The van der Waals surface area contributed by atoms with Crippen LogP contribution in [0.15, 0.2) is 24.3 Å². The van der Waals surface area contributed by atoms with E-state index in [2.05, 4.69) is 10.6 Å². The summed E-state index contributed by atoms with van der Waals surface area (Å²) in [6.07, 6.45) is 9.01. The van der Waals surface area contributed by atoms with Gasteiger partial charge in [-0.3, -0.25) is 9.59 Å². The molecule has 1 saturated carbocycles. The van der Waals surface area contributed by atoms with Gasteiger partial charge in [-0.25, -0.2) is 0 Å². The quantitative estimate of drug-likeness (QED) is 0.840. The normalized spacial score (nSPS) is 20.7. The standard InChI is InChI=1S/C20H29N3O2.ClH/c1-23(17-7-3-2-4-8-17)20(25)15-10-12-16(13-11-15)22-19(24)18-9-5-6-14-21-18;/h10-13,17-18,21H,2-9,14H2,1H3,(H,22,24);1H. The second-order valence-electron chi connectivity index (χ2n) is 7.28. The fraction of sp³-hybridized carbons (Fsp3) is 0.600. The Kier molecular flexibility index (Phi) is 7.91. The van der Waals surface area contributed by atoms with Gasteiger partial charge in [0, 0.05) is 24.3 Å². The minimum absolute atomic E-state index is 0. The number of rotatable bonds is 4. The van der Waals surface area contributed by atoms with E-state index in [0.717, 1.165) is 44.3 Å². The first kappa shape index (κ1) is 20.7. The van der Waals surface area contributed by atoms with Gasteiger partial charge in [-0.05, 0) is 56.5 Å². The monoisotopic (exact) mass is 379 g/mol. The van der Waals surface area contributed by atoms with Gasteiger partial charge < -0.3 is 15.5 Å². The van der Waals surface area contributed by atoms with Crippen LogP contribution in [0.3, 0.4) is 0 Å². The molecule has 5 nitrogen and oxygen atoms in total. The minimum Gasteiger partial charge on any atom is -0.339 e. The number of carbonyl (C=O) groups is 2. The maximum Gasteiger partial charge on any atom is 0.253 e. The topological polar surface area (TPSA) is 61.4 Å². The molecule has 1 aromatic rings. The lowest BCUT2D eigenvalue weighted by molar-refractivity contribution is -0.118. The molecule has 1 aromatic carbocycles. The Labute approximate surface area is 162 Å². The summed E-state index contributed by atoms with van der Waals surface area (Å²) in [4.78, 5) is 26.8. The predicted molar refractivity (Wildman–Crippen MR) is 107 cm³/mol. The van der Waals surface area contributed by atoms with Gasteiger partial charge in [-0.1, -0.05) is 25.7 Å². The van der Waals surface area contributed by atoms with Crippen molar-refractivity contribution >= 4 is 29.9 Å². The van der Waals surface area contributed by atoms with Crippen molar-refractivity contribution < 1.29 is 9.59 Å². The SMILES string of the molecule is CN(C(=O)c1ccc(NC(=O)C2CCCCN2)cc1)C1CCCCC1.Cl. The first-order valence-electron chi connectivity index (χ1n) is 9.56. The smallest absolute Gasteiger partial charge is 0.253 e. The van der Waals surface area contributed by atoms with Crippen molar-refractivity contribution in [2.45, 2.75) is 63.5 Å². The van der Waals surface area contributed by atoms with Gasteiger partial charge in [0.15, 0.2) is 0 Å². The van der Waals surface area contributed by atoms with Crippen molar-refractivity contribution in [3.05, 3.63) is 29.8 Å². The molecule has 2 N–H and O–H groups in total. The Bertz CT molecular complexity index is 594. The zero-order valence-corrected chi connectivity index (χ0v) is 16.3. The van der Waals surface area contributed by atoms with Crippen LogP contribution in [0.5, 0.6) is 0 Å². The molecule has 2 aliphatic rings. The number of hydrogen-bond donors (Lipinski definition) is 2. The van der Waals surface area contributed by atoms with Gasteiger partial charge in [0.25, 0.3) is 5.91 Å². The van der Waals surface area contributed by atoms with Crippen LogP contribution in [0.2, 0.25) is 0 Å². The van der Waals surface area contributed by atoms with Crippen LogP contribution in [0, 0.1) is 0 Å². The fourth-order valence-corrected chi connectivity index (χ4v) is 3.84. The number of halogens is 1. The van der Waals surface area contributed by atoms with Crippen LogP contribution in [0.1, 0.15) is 61.7 Å². The van der Waals surface area contributed by atoms with Crippen molar-refractivity contribution in [3.63, 3.8) is 0 Å². The van der Waals surface area contributed by atoms with E-state index in [1.165, 1.54) is 19.3 Å². The number of anilines is 1. The van der Waals surface area contributed by atoms with Gasteiger partial charge in [0.1, 0.15) is 0 Å². The van der Waals surface area contributed by atoms with Crippen molar-refractivity contribution in [2.75, 3.05) is 18.9 Å². The average Bonchev–Trinajstić information content (AvgIpc) is 2.69. The Morgan fingerprint density at radius 3 is 2.27 bits per heavy atom. The summed E-state index contributed by atoms with van der Waals surface area (Å²) < 4.78 is 0. The molecule has 0 aromatic heterocycles. The largest absolute Gasteiger partial charge is 0.339 e. The highest BCUT2D eigenvalue weighted by atomic mass is 35.5. The summed E-state index contributed by atoms with van der Waals surface area (Å²) in [7, 11) is 1.91. The summed E-state index contributed by atoms with van der Waals surface area (Å²) in [5, 5.41) is 6.19. The molecule has 1 atom stereocenters. The van der Waals surface area contributed by atoms with Gasteiger partial charge in [0.05, 0.1) is 6.04 Å². The summed E-state index contributed by atoms with van der Waals surface area (Å²) in [5.41, 5.74) is 1.43. The third-order valence-corrected chi connectivity index (χ3v) is 5.47. The van der Waals surface area contributed by atoms with Crippen molar-refractivity contribution in [3.8, 4) is 0 Å². The molecule has 0 spiro atoms. The van der Waals surface area contributed by atoms with E-state index < -0.39 is 0 Å². The third-order valence-electron chi connectivity index (χ3n) is 5.47. The first-order valence-corrected chi connectivity index (χ1v) is 9.56. The van der Waals surface area contributed by atoms with E-state index in [1.54, 1.807) is 0 Å². The van der Waals surface area contributed by atoms with E-state index in [4.69, 9.17) is 0 Å². The van der Waals surface area contributed by atoms with Gasteiger partial charge in [-0.2, -0.15) is 0 Å². The molecule has 1 unspecified atom stereocenters. The molecule has 144 valence electrons. The molecule has 3 rings (SSSR count). The van der Waals surface area contributed by atoms with Crippen LogP contribution >= 0.6 is 12.4 Å². The predicted octanol–water partition coefficient (Wildman–Crippen LogP) is 3.59. The molecule has 1 saturated heterocycles. The van der Waals surface area contributed by atoms with Crippen molar-refractivity contribution in [1.82, 2.24) is 10.2 Å². The Morgan fingerprint density at radius 2 is 1.65 bits per heavy atom. The molecule has 2 amide bonds. The number of nitrogens with zero attached hydrogens (tertiary/aromatic N) is 1. The zero-order valence-electron chi connectivity index (χ0n) is 15.5. The van der Waals surface area contributed by atoms with Gasteiger partial charge in [0.2, 0.25) is 5.91 Å². The van der Waals surface area contributed by atoms with Crippen LogP contribution in [-0.2, 0) is 4.79 Å². The molecule has 26 heavy (non-hydrogen) atoms. The minimum atomic E-state index is -0.104. The second kappa shape index (κ2) is 9.93. The highest BCUT2D eigenvalue weighted by Crippen LogP contribution is 2.23. The van der Waals surface area contributed by atoms with Crippen LogP contribution in [0.25, 0.3) is 0 Å². The highest BCUT2D eigenvalue weighted by Gasteiger charge is 2.23. The molecular formula is C20H30ClN3O2. The van der Waals surface area contributed by atoms with Crippen LogP contribution in [-0.4, -0.2) is 42.4 Å². The fourth-order valence-electron chi connectivity index (χ4n) is 3.84. The zero-order chi connectivity index (χ0) is 17.6. The van der Waals surface area contributed by atoms with Gasteiger partial charge >= 0.3 is 0 Å². The van der Waals surface area contributed by atoms with E-state index in [-0.39, 0.29) is 30.3 Å². The van der Waals surface area contributed by atoms with Crippen molar-refractivity contribution in [2.24, 2.45) is 0 Å². The van der Waals surface area contributed by atoms with Crippen LogP contribution < -0.4 is 10.6 Å². The van der Waals surface area contributed by atoms with Gasteiger partial charge in [-0.15, -0.1) is 12.4 Å². The molecular weight excluding hydrogens is 350 g/mol. The molecule has 1 aliphatic heterocycles. The van der Waals surface area contributed by atoms with Crippen LogP contribution in [0.4, 0.5) is 5.69 Å². The third kappa shape index (κ3) is 5.21. The van der Waals surface area contributed by atoms with E-state index >= 15 is 0 Å². The summed E-state index contributed by atoms with van der Waals surface area (Å²) >= 11 is 0. The first-order chi connectivity index (χ1) is 12.1. The Hall–Kier alpha value is -1.59. The number of piperidine rings is 1. The Morgan fingerprint density at radius 1 is 1.00 bits per heavy atom. The van der Waals surface area contributed by atoms with Crippen molar-refractivity contribution in [1.29, 1.82) is 0 Å². The van der Waals surface area contributed by atoms with E-state index in [1.807, 2.05) is 36.2 Å². The Balaban J connectivity index is 0.00000243. The molecule has 0 bridgehead atoms. The maximum atomic E-state index is 12.7. The number of benzene rings is 1. The summed E-state index contributed by atoms with van der Waals surface area (Å²) in [5.74, 6) is 0.0804. The lowest BCUT2D eigenvalue weighted by atomic mass is 9.94. The number of amides is 2. The maximum absolute atomic E-state index is 12.7. The molecule has 0 radical (unpaired) electrons. The lowest BCUT2D eigenvalue weighted by Gasteiger charge is -2.31.